The number of nitrogens with one attached hydrogen (secondary N) is 2. The smallest absolute Gasteiger partial charge is 0.135 e. The summed E-state index contributed by atoms with van der Waals surface area (Å²) in [5.41, 5.74) is 0. The lowest BCUT2D eigenvalue weighted by atomic mass is 10.00. The predicted molar refractivity (Wildman–Crippen MR) is 72.6 cm³/mol. The molecule has 104 valence electrons. The van der Waals surface area contributed by atoms with Crippen LogP contribution < -0.4 is 10.6 Å². The highest BCUT2D eigenvalue weighted by Gasteiger charge is 2.20. The van der Waals surface area contributed by atoms with E-state index in [1.165, 1.54) is 0 Å². The summed E-state index contributed by atoms with van der Waals surface area (Å²) in [4.78, 5) is 21.7. The number of piperidine rings is 2. The van der Waals surface area contributed by atoms with E-state index in [0.717, 1.165) is 0 Å². The van der Waals surface area contributed by atoms with Crippen LogP contribution in [0.3, 0.4) is 0 Å². The van der Waals surface area contributed by atoms with Crippen LogP contribution in [0.1, 0.15) is 53.4 Å². The second-order valence-corrected chi connectivity index (χ2v) is 5.83. The van der Waals surface area contributed by atoms with Gasteiger partial charge < -0.3 is 10.6 Å². The van der Waals surface area contributed by atoms with Crippen molar-refractivity contribution in [2.75, 3.05) is 0 Å². The highest BCUT2D eigenvalue weighted by atomic mass is 16.1. The van der Waals surface area contributed by atoms with Gasteiger partial charge in [-0.25, -0.2) is 0 Å². The Balaban J connectivity index is 0.000000180. The van der Waals surface area contributed by atoms with Crippen molar-refractivity contribution in [3.63, 3.8) is 0 Å². The van der Waals surface area contributed by atoms with Gasteiger partial charge in [-0.2, -0.15) is 0 Å². The van der Waals surface area contributed by atoms with Crippen molar-refractivity contribution in [3.05, 3.63) is 0 Å². The molecule has 2 N–H and O–H groups in total. The maximum absolute atomic E-state index is 10.8. The molecule has 2 aliphatic rings. The number of ketones is 2. The Kier molecular flexibility index (Phi) is 5.96. The molecule has 0 aromatic carbocycles. The Morgan fingerprint density at radius 1 is 0.667 bits per heavy atom. The minimum absolute atomic E-state index is 0.390. The molecule has 2 saturated heterocycles. The van der Waals surface area contributed by atoms with Crippen LogP contribution in [-0.2, 0) is 9.59 Å². The Labute approximate surface area is 110 Å². The molecule has 2 aliphatic heterocycles. The molecule has 4 atom stereocenters. The molecule has 2 heterocycles. The van der Waals surface area contributed by atoms with E-state index < -0.39 is 0 Å². The van der Waals surface area contributed by atoms with E-state index >= 15 is 0 Å². The SMILES string of the molecule is C[C@@H]1CC(=O)C[C@H](C)N1.C[C@@H]1CC(=O)C[C@H](C)N1. The second-order valence-electron chi connectivity index (χ2n) is 5.83. The van der Waals surface area contributed by atoms with Crippen molar-refractivity contribution in [1.29, 1.82) is 0 Å². The van der Waals surface area contributed by atoms with E-state index in [4.69, 9.17) is 0 Å². The molecule has 4 nitrogen and oxygen atoms in total. The molecule has 0 radical (unpaired) electrons. The third-order valence-corrected chi connectivity index (χ3v) is 3.27. The van der Waals surface area contributed by atoms with Crippen LogP contribution in [0.2, 0.25) is 0 Å². The molecule has 0 aliphatic carbocycles. The first-order valence-electron chi connectivity index (χ1n) is 6.92. The van der Waals surface area contributed by atoms with Gasteiger partial charge in [0.2, 0.25) is 0 Å². The maximum Gasteiger partial charge on any atom is 0.135 e. The molecule has 2 rings (SSSR count). The van der Waals surface area contributed by atoms with E-state index in [1.807, 2.05) is 27.7 Å². The number of carbonyl (C=O) groups excluding carboxylic acids is 2. The molecular weight excluding hydrogens is 228 g/mol. The summed E-state index contributed by atoms with van der Waals surface area (Å²) in [5.74, 6) is 0.794. The topological polar surface area (TPSA) is 58.2 Å². The zero-order chi connectivity index (χ0) is 13.7. The molecule has 0 aromatic rings. The zero-order valence-electron chi connectivity index (χ0n) is 12.0. The largest absolute Gasteiger partial charge is 0.311 e. The van der Waals surface area contributed by atoms with Crippen LogP contribution in [0.25, 0.3) is 0 Å². The molecule has 4 heteroatoms. The van der Waals surface area contributed by atoms with Crippen molar-refractivity contribution < 1.29 is 9.59 Å². The van der Waals surface area contributed by atoms with Crippen LogP contribution in [-0.4, -0.2) is 35.7 Å². The summed E-state index contributed by atoms with van der Waals surface area (Å²) in [5, 5.41) is 6.58. The standard InChI is InChI=1S/2C7H13NO/c2*1-5-3-7(9)4-6(2)8-5/h2*5-6,8H,3-4H2,1-2H3/t2*5-,6+. The van der Waals surface area contributed by atoms with Crippen molar-refractivity contribution in [2.45, 2.75) is 77.5 Å². The molecular formula is C14H26N2O2. The van der Waals surface area contributed by atoms with Gasteiger partial charge in [-0.3, -0.25) is 9.59 Å². The molecule has 18 heavy (non-hydrogen) atoms. The minimum Gasteiger partial charge on any atom is -0.311 e. The molecule has 0 aromatic heterocycles. The van der Waals surface area contributed by atoms with E-state index in [1.54, 1.807) is 0 Å². The predicted octanol–water partition coefficient (Wildman–Crippen LogP) is 1.43. The number of hydrogen-bond acceptors (Lipinski definition) is 4. The molecule has 2 fully saturated rings. The summed E-state index contributed by atoms with van der Waals surface area (Å²) in [6.07, 6.45) is 2.85. The lowest BCUT2D eigenvalue weighted by molar-refractivity contribution is -0.122. The summed E-state index contributed by atoms with van der Waals surface area (Å²) in [6.45, 7) is 8.20. The first kappa shape index (κ1) is 15.3. The van der Waals surface area contributed by atoms with E-state index in [-0.39, 0.29) is 0 Å². The molecule has 0 saturated carbocycles. The first-order chi connectivity index (χ1) is 8.36. The Morgan fingerprint density at radius 2 is 0.889 bits per heavy atom. The van der Waals surface area contributed by atoms with Gasteiger partial charge in [-0.1, -0.05) is 0 Å². The molecule has 0 unspecified atom stereocenters. The van der Waals surface area contributed by atoms with Gasteiger partial charge in [-0.15, -0.1) is 0 Å². The van der Waals surface area contributed by atoms with Gasteiger partial charge in [0.15, 0.2) is 0 Å². The summed E-state index contributed by atoms with van der Waals surface area (Å²) in [7, 11) is 0. The van der Waals surface area contributed by atoms with E-state index in [9.17, 15) is 9.59 Å². The third kappa shape index (κ3) is 5.74. The van der Waals surface area contributed by atoms with E-state index in [2.05, 4.69) is 10.6 Å². The fourth-order valence-electron chi connectivity index (χ4n) is 2.74. The second kappa shape index (κ2) is 7.00. The number of hydrogen-bond donors (Lipinski definition) is 2. The molecule has 0 amide bonds. The molecule has 0 bridgehead atoms. The van der Waals surface area contributed by atoms with Crippen molar-refractivity contribution in [1.82, 2.24) is 10.6 Å². The van der Waals surface area contributed by atoms with Crippen molar-refractivity contribution >= 4 is 11.6 Å². The average molecular weight is 254 g/mol. The number of Topliss-reactive ketones (excluding diaryl/α,β-unsaturated/α-hetero) is 2. The molecule has 0 spiro atoms. The fraction of sp³-hybridized carbons (Fsp3) is 0.857. The van der Waals surface area contributed by atoms with Gasteiger partial charge in [0.25, 0.3) is 0 Å². The lowest BCUT2D eigenvalue weighted by Crippen LogP contribution is -2.42. The van der Waals surface area contributed by atoms with Gasteiger partial charge in [0, 0.05) is 49.9 Å². The van der Waals surface area contributed by atoms with Crippen molar-refractivity contribution in [2.24, 2.45) is 0 Å². The van der Waals surface area contributed by atoms with Crippen LogP contribution in [0.4, 0.5) is 0 Å². The third-order valence-electron chi connectivity index (χ3n) is 3.27. The fourth-order valence-corrected chi connectivity index (χ4v) is 2.74. The highest BCUT2D eigenvalue weighted by Crippen LogP contribution is 2.08. The van der Waals surface area contributed by atoms with Gasteiger partial charge in [0.05, 0.1) is 0 Å². The average Bonchev–Trinajstić information content (AvgIpc) is 2.12. The lowest BCUT2D eigenvalue weighted by Gasteiger charge is -2.24. The normalized spacial score (nSPS) is 36.9. The van der Waals surface area contributed by atoms with Crippen LogP contribution in [0.5, 0.6) is 0 Å². The first-order valence-corrected chi connectivity index (χ1v) is 6.92. The minimum atomic E-state index is 0.390. The zero-order valence-corrected chi connectivity index (χ0v) is 12.0. The maximum atomic E-state index is 10.8. The summed E-state index contributed by atoms with van der Waals surface area (Å²) >= 11 is 0. The van der Waals surface area contributed by atoms with Gasteiger partial charge >= 0.3 is 0 Å². The van der Waals surface area contributed by atoms with Crippen LogP contribution >= 0.6 is 0 Å². The summed E-state index contributed by atoms with van der Waals surface area (Å²) < 4.78 is 0. The summed E-state index contributed by atoms with van der Waals surface area (Å²) in [6, 6.07) is 1.56. The monoisotopic (exact) mass is 254 g/mol. The Hall–Kier alpha value is -0.740. The van der Waals surface area contributed by atoms with Gasteiger partial charge in [0.1, 0.15) is 11.6 Å². The number of rotatable bonds is 0. The highest BCUT2D eigenvalue weighted by molar-refractivity contribution is 5.80. The van der Waals surface area contributed by atoms with Crippen LogP contribution in [0.15, 0.2) is 0 Å². The van der Waals surface area contributed by atoms with E-state index in [0.29, 0.717) is 61.4 Å². The Morgan fingerprint density at radius 3 is 1.06 bits per heavy atom. The quantitative estimate of drug-likeness (QED) is 0.686. The number of carbonyl (C=O) groups is 2. The van der Waals surface area contributed by atoms with Crippen molar-refractivity contribution in [3.8, 4) is 0 Å². The Bertz CT molecular complexity index is 250. The van der Waals surface area contributed by atoms with Gasteiger partial charge in [-0.05, 0) is 27.7 Å². The van der Waals surface area contributed by atoms with Crippen LogP contribution in [0, 0.1) is 0 Å².